The molecular weight excluding hydrogens is 539 g/mol. The number of aryl methyl sites for hydroxylation is 2. The molecule has 0 saturated carbocycles. The second kappa shape index (κ2) is 11.5. The Morgan fingerprint density at radius 3 is 2.71 bits per heavy atom. The number of fused-ring (bicyclic) bond motifs is 4. The molecule has 0 aliphatic heterocycles. The van der Waals surface area contributed by atoms with E-state index in [1.165, 1.54) is 33.5 Å². The Bertz CT molecular complexity index is 1440. The first-order valence-corrected chi connectivity index (χ1v) is 16.2. The number of hydrogen-bond acceptors (Lipinski definition) is 8. The van der Waals surface area contributed by atoms with Crippen molar-refractivity contribution in [2.75, 3.05) is 17.7 Å². The number of nitrogens with zero attached hydrogens (tertiary/aromatic N) is 2. The number of carbonyl (C=O) groups is 2. The molecule has 5 rings (SSSR count). The summed E-state index contributed by atoms with van der Waals surface area (Å²) in [5.41, 5.74) is 2.73. The summed E-state index contributed by atoms with van der Waals surface area (Å²) in [4.78, 5) is 47.8. The molecule has 0 fully saturated rings. The number of esters is 1. The van der Waals surface area contributed by atoms with Crippen LogP contribution in [0.25, 0.3) is 10.2 Å². The molecule has 38 heavy (non-hydrogen) atoms. The molecule has 2 atom stereocenters. The zero-order valence-electron chi connectivity index (χ0n) is 22.5. The Morgan fingerprint density at radius 2 is 1.95 bits per heavy atom. The topological polar surface area (TPSA) is 90.3 Å². The fourth-order valence-electron chi connectivity index (χ4n) is 5.42. The van der Waals surface area contributed by atoms with Crippen molar-refractivity contribution < 1.29 is 14.3 Å². The van der Waals surface area contributed by atoms with Crippen LogP contribution in [0.4, 0.5) is 5.00 Å². The van der Waals surface area contributed by atoms with Gasteiger partial charge >= 0.3 is 5.97 Å². The largest absolute Gasteiger partial charge is 0.462 e. The summed E-state index contributed by atoms with van der Waals surface area (Å²) in [6, 6.07) is -0.0227. The van der Waals surface area contributed by atoms with Gasteiger partial charge in [-0.25, -0.2) is 9.78 Å². The fourth-order valence-corrected chi connectivity index (χ4v) is 9.04. The van der Waals surface area contributed by atoms with Crippen LogP contribution in [-0.2, 0) is 35.2 Å². The number of thiophene rings is 2. The predicted octanol–water partition coefficient (Wildman–Crippen LogP) is 6.40. The molecule has 0 aromatic carbocycles. The van der Waals surface area contributed by atoms with E-state index in [0.29, 0.717) is 21.6 Å². The number of anilines is 1. The Kier molecular flexibility index (Phi) is 8.30. The number of aromatic nitrogens is 2. The standard InChI is InChI=1S/C28H35N3O4S3/c1-5-16(4)31-26(33)22-17-9-7-8-10-19(17)37-24(22)30-28(31)36-14-21(32)29-25-23(27(34)35-6-2)18-12-11-15(3)13-20(18)38-25/h15-16H,5-14H2,1-4H3,(H,29,32). The van der Waals surface area contributed by atoms with Gasteiger partial charge in [-0.1, -0.05) is 25.6 Å². The average Bonchev–Trinajstić information content (AvgIpc) is 3.44. The minimum Gasteiger partial charge on any atom is -0.462 e. The van der Waals surface area contributed by atoms with Crippen molar-refractivity contribution in [3.05, 3.63) is 36.8 Å². The summed E-state index contributed by atoms with van der Waals surface area (Å²) >= 11 is 4.41. The van der Waals surface area contributed by atoms with Gasteiger partial charge in [-0.2, -0.15) is 0 Å². The molecule has 204 valence electrons. The maximum absolute atomic E-state index is 13.7. The summed E-state index contributed by atoms with van der Waals surface area (Å²) in [5.74, 6) is 0.0573. The lowest BCUT2D eigenvalue weighted by Gasteiger charge is -2.18. The lowest BCUT2D eigenvalue weighted by Crippen LogP contribution is -2.27. The van der Waals surface area contributed by atoms with Gasteiger partial charge < -0.3 is 10.1 Å². The van der Waals surface area contributed by atoms with Gasteiger partial charge in [-0.3, -0.25) is 14.2 Å². The second-order valence-electron chi connectivity index (χ2n) is 10.3. The van der Waals surface area contributed by atoms with Gasteiger partial charge in [0.15, 0.2) is 5.16 Å². The number of thioether (sulfide) groups is 1. The first-order chi connectivity index (χ1) is 18.3. The number of carbonyl (C=O) groups excluding carboxylic acids is 2. The van der Waals surface area contributed by atoms with E-state index in [0.717, 1.165) is 72.0 Å². The molecule has 1 N–H and O–H groups in total. The molecule has 10 heteroatoms. The van der Waals surface area contributed by atoms with Crippen LogP contribution in [0.5, 0.6) is 0 Å². The van der Waals surface area contributed by atoms with Gasteiger partial charge in [0.2, 0.25) is 5.91 Å². The van der Waals surface area contributed by atoms with Crippen molar-refractivity contribution in [1.29, 1.82) is 0 Å². The number of ether oxygens (including phenoxy) is 1. The van der Waals surface area contributed by atoms with Gasteiger partial charge in [-0.15, -0.1) is 22.7 Å². The predicted molar refractivity (Wildman–Crippen MR) is 156 cm³/mol. The zero-order valence-corrected chi connectivity index (χ0v) is 24.9. The van der Waals surface area contributed by atoms with Crippen molar-refractivity contribution in [3.8, 4) is 0 Å². The summed E-state index contributed by atoms with van der Waals surface area (Å²) in [6.07, 6.45) is 7.75. The summed E-state index contributed by atoms with van der Waals surface area (Å²) in [7, 11) is 0. The molecular formula is C28H35N3O4S3. The van der Waals surface area contributed by atoms with Gasteiger partial charge in [0.1, 0.15) is 9.83 Å². The molecule has 2 unspecified atom stereocenters. The van der Waals surface area contributed by atoms with Crippen molar-refractivity contribution in [3.63, 3.8) is 0 Å². The highest BCUT2D eigenvalue weighted by atomic mass is 32.2. The molecule has 2 aliphatic carbocycles. The quantitative estimate of drug-likeness (QED) is 0.190. The highest BCUT2D eigenvalue weighted by Gasteiger charge is 2.29. The van der Waals surface area contributed by atoms with Crippen LogP contribution < -0.4 is 10.9 Å². The molecule has 3 aromatic rings. The lowest BCUT2D eigenvalue weighted by molar-refractivity contribution is -0.113. The van der Waals surface area contributed by atoms with Crippen LogP contribution in [0.3, 0.4) is 0 Å². The normalized spacial score (nSPS) is 17.6. The average molecular weight is 574 g/mol. The first-order valence-electron chi connectivity index (χ1n) is 13.6. The van der Waals surface area contributed by atoms with Crippen LogP contribution in [0.15, 0.2) is 9.95 Å². The van der Waals surface area contributed by atoms with Crippen LogP contribution in [-0.4, -0.2) is 33.8 Å². The van der Waals surface area contributed by atoms with E-state index in [4.69, 9.17) is 9.72 Å². The third kappa shape index (κ3) is 5.19. The van der Waals surface area contributed by atoms with Crippen LogP contribution >= 0.6 is 34.4 Å². The molecule has 0 saturated heterocycles. The molecule has 2 aliphatic rings. The molecule has 0 bridgehead atoms. The van der Waals surface area contributed by atoms with Crippen LogP contribution in [0.2, 0.25) is 0 Å². The van der Waals surface area contributed by atoms with Gasteiger partial charge in [0.05, 0.1) is 23.3 Å². The van der Waals surface area contributed by atoms with Crippen LogP contribution in [0, 0.1) is 5.92 Å². The zero-order chi connectivity index (χ0) is 27.0. The Hall–Kier alpha value is -2.17. The number of hydrogen-bond donors (Lipinski definition) is 1. The van der Waals surface area contributed by atoms with Gasteiger partial charge in [-0.05, 0) is 82.3 Å². The smallest absolute Gasteiger partial charge is 0.341 e. The third-order valence-corrected chi connectivity index (χ3v) is 10.9. The minimum absolute atomic E-state index is 0.0105. The van der Waals surface area contributed by atoms with Crippen molar-refractivity contribution in [1.82, 2.24) is 9.55 Å². The highest BCUT2D eigenvalue weighted by molar-refractivity contribution is 7.99. The molecule has 1 amide bonds. The van der Waals surface area contributed by atoms with Crippen molar-refractivity contribution >= 4 is 61.5 Å². The molecule has 0 radical (unpaired) electrons. The van der Waals surface area contributed by atoms with Crippen molar-refractivity contribution in [2.24, 2.45) is 5.92 Å². The lowest BCUT2D eigenvalue weighted by atomic mass is 9.88. The molecule has 0 spiro atoms. The maximum Gasteiger partial charge on any atom is 0.341 e. The number of nitrogens with one attached hydrogen (secondary N) is 1. The first kappa shape index (κ1) is 27.4. The second-order valence-corrected chi connectivity index (χ2v) is 13.5. The molecule has 3 aromatic heterocycles. The van der Waals surface area contributed by atoms with Gasteiger partial charge in [0, 0.05) is 15.8 Å². The minimum atomic E-state index is -0.373. The van der Waals surface area contributed by atoms with E-state index >= 15 is 0 Å². The van der Waals surface area contributed by atoms with E-state index in [-0.39, 0.29) is 35.8 Å². The highest BCUT2D eigenvalue weighted by Crippen LogP contribution is 2.40. The Balaban J connectivity index is 1.41. The van der Waals surface area contributed by atoms with Gasteiger partial charge in [0.25, 0.3) is 5.56 Å². The number of amides is 1. The molecule has 7 nitrogen and oxygen atoms in total. The summed E-state index contributed by atoms with van der Waals surface area (Å²) < 4.78 is 7.11. The van der Waals surface area contributed by atoms with E-state index < -0.39 is 0 Å². The Labute approximate surface area is 235 Å². The summed E-state index contributed by atoms with van der Waals surface area (Å²) in [5, 5.41) is 4.92. The SMILES string of the molecule is CCOC(=O)c1c(NC(=O)CSc2nc3sc4c(c3c(=O)n2C(C)CC)CCCC4)sc2c1CCC(C)C2. The van der Waals surface area contributed by atoms with Crippen LogP contribution in [0.1, 0.15) is 90.7 Å². The van der Waals surface area contributed by atoms with E-state index in [9.17, 15) is 14.4 Å². The summed E-state index contributed by atoms with van der Waals surface area (Å²) in [6.45, 7) is 8.38. The fraction of sp³-hybridized carbons (Fsp3) is 0.571. The van der Waals surface area contributed by atoms with E-state index in [1.807, 2.05) is 6.92 Å². The number of rotatable bonds is 8. The van der Waals surface area contributed by atoms with Crippen molar-refractivity contribution in [2.45, 2.75) is 90.3 Å². The monoisotopic (exact) mass is 573 g/mol. The van der Waals surface area contributed by atoms with E-state index in [2.05, 4.69) is 19.2 Å². The third-order valence-electron chi connectivity index (χ3n) is 7.60. The maximum atomic E-state index is 13.7. The molecule has 3 heterocycles. The Morgan fingerprint density at radius 1 is 1.16 bits per heavy atom. The van der Waals surface area contributed by atoms with E-state index in [1.54, 1.807) is 22.8 Å².